The first kappa shape index (κ1) is 12.7. The van der Waals surface area contributed by atoms with Crippen LogP contribution in [0.4, 0.5) is 5.13 Å². The van der Waals surface area contributed by atoms with Crippen LogP contribution in [0.2, 0.25) is 0 Å². The highest BCUT2D eigenvalue weighted by Crippen LogP contribution is 2.31. The highest BCUT2D eigenvalue weighted by Gasteiger charge is 2.23. The lowest BCUT2D eigenvalue weighted by Crippen LogP contribution is -2.36. The molecule has 0 radical (unpaired) electrons. The molecule has 2 aromatic rings. The second kappa shape index (κ2) is 5.35. The Morgan fingerprint density at radius 1 is 1.37 bits per heavy atom. The Balaban J connectivity index is 1.81. The molecular weight excluding hydrogens is 260 g/mol. The lowest BCUT2D eigenvalue weighted by molar-refractivity contribution is 0.116. The maximum Gasteiger partial charge on any atom is 0.184 e. The van der Waals surface area contributed by atoms with E-state index in [0.29, 0.717) is 0 Å². The van der Waals surface area contributed by atoms with Gasteiger partial charge in [0.2, 0.25) is 0 Å². The summed E-state index contributed by atoms with van der Waals surface area (Å²) in [7, 11) is 1.67. The molecule has 0 saturated heterocycles. The van der Waals surface area contributed by atoms with Crippen molar-refractivity contribution in [2.24, 2.45) is 0 Å². The van der Waals surface area contributed by atoms with Gasteiger partial charge >= 0.3 is 0 Å². The molecule has 2 atom stereocenters. The normalized spacial score (nSPS) is 23.5. The van der Waals surface area contributed by atoms with E-state index in [9.17, 15) is 5.11 Å². The summed E-state index contributed by atoms with van der Waals surface area (Å²) in [6.45, 7) is 0. The largest absolute Gasteiger partial charge is 0.497 e. The van der Waals surface area contributed by atoms with Crippen molar-refractivity contribution in [1.29, 1.82) is 0 Å². The van der Waals surface area contributed by atoms with Crippen molar-refractivity contribution >= 4 is 26.7 Å². The Morgan fingerprint density at radius 2 is 2.21 bits per heavy atom. The van der Waals surface area contributed by atoms with Gasteiger partial charge in [-0.05, 0) is 31.0 Å². The molecule has 1 aliphatic carbocycles. The molecule has 5 heteroatoms. The highest BCUT2D eigenvalue weighted by molar-refractivity contribution is 7.22. The Kier molecular flexibility index (Phi) is 3.57. The number of aliphatic hydroxyl groups is 1. The smallest absolute Gasteiger partial charge is 0.184 e. The minimum atomic E-state index is -0.254. The summed E-state index contributed by atoms with van der Waals surface area (Å²) >= 11 is 1.61. The number of rotatable bonds is 3. The molecule has 2 unspecified atom stereocenters. The molecule has 1 aliphatic rings. The number of hydrogen-bond donors (Lipinski definition) is 2. The standard InChI is InChI=1S/C14H18N2O2S/c1-18-9-6-7-11-13(8-9)19-14(16-11)15-10-4-2-3-5-12(10)17/h6-8,10,12,17H,2-5H2,1H3,(H,15,16). The first-order valence-electron chi connectivity index (χ1n) is 6.65. The van der Waals surface area contributed by atoms with Crippen molar-refractivity contribution in [3.05, 3.63) is 18.2 Å². The van der Waals surface area contributed by atoms with Crippen LogP contribution < -0.4 is 10.1 Å². The van der Waals surface area contributed by atoms with E-state index in [0.717, 1.165) is 40.4 Å². The second-order valence-corrected chi connectivity index (χ2v) is 5.99. The van der Waals surface area contributed by atoms with Gasteiger partial charge in [0.05, 0.1) is 29.5 Å². The van der Waals surface area contributed by atoms with Crippen LogP contribution in [0.5, 0.6) is 5.75 Å². The molecule has 19 heavy (non-hydrogen) atoms. The number of benzene rings is 1. The summed E-state index contributed by atoms with van der Waals surface area (Å²) in [5, 5.41) is 14.2. The van der Waals surface area contributed by atoms with Crippen LogP contribution >= 0.6 is 11.3 Å². The number of thiazole rings is 1. The van der Waals surface area contributed by atoms with E-state index in [-0.39, 0.29) is 12.1 Å². The van der Waals surface area contributed by atoms with Crippen LogP contribution in [-0.2, 0) is 0 Å². The molecule has 1 aromatic carbocycles. The summed E-state index contributed by atoms with van der Waals surface area (Å²) in [5.41, 5.74) is 0.971. The number of hydrogen-bond acceptors (Lipinski definition) is 5. The number of aliphatic hydroxyl groups excluding tert-OH is 1. The molecule has 0 bridgehead atoms. The Morgan fingerprint density at radius 3 is 3.00 bits per heavy atom. The molecule has 1 saturated carbocycles. The average molecular weight is 278 g/mol. The van der Waals surface area contributed by atoms with Gasteiger partial charge in [-0.2, -0.15) is 0 Å². The van der Waals surface area contributed by atoms with E-state index in [4.69, 9.17) is 4.74 Å². The fourth-order valence-electron chi connectivity index (χ4n) is 2.53. The van der Waals surface area contributed by atoms with Crippen LogP contribution in [0.25, 0.3) is 10.2 Å². The lowest BCUT2D eigenvalue weighted by atomic mass is 9.93. The summed E-state index contributed by atoms with van der Waals surface area (Å²) < 4.78 is 6.32. The first-order valence-corrected chi connectivity index (χ1v) is 7.47. The van der Waals surface area contributed by atoms with Crippen molar-refractivity contribution in [1.82, 2.24) is 4.98 Å². The maximum absolute atomic E-state index is 9.98. The van der Waals surface area contributed by atoms with Gasteiger partial charge < -0.3 is 15.2 Å². The Bertz CT molecular complexity index is 570. The van der Waals surface area contributed by atoms with Gasteiger partial charge in [-0.1, -0.05) is 24.2 Å². The Hall–Kier alpha value is -1.33. The SMILES string of the molecule is COc1ccc2nc(NC3CCCCC3O)sc2c1. The molecule has 3 rings (SSSR count). The number of nitrogens with zero attached hydrogens (tertiary/aromatic N) is 1. The number of ether oxygens (including phenoxy) is 1. The zero-order valence-corrected chi connectivity index (χ0v) is 11.7. The Labute approximate surface area is 116 Å². The zero-order valence-electron chi connectivity index (χ0n) is 10.9. The zero-order chi connectivity index (χ0) is 13.2. The highest BCUT2D eigenvalue weighted by atomic mass is 32.1. The third kappa shape index (κ3) is 2.67. The molecule has 4 nitrogen and oxygen atoms in total. The van der Waals surface area contributed by atoms with Crippen molar-refractivity contribution in [2.45, 2.75) is 37.8 Å². The quantitative estimate of drug-likeness (QED) is 0.906. The van der Waals surface area contributed by atoms with Gasteiger partial charge in [0.1, 0.15) is 5.75 Å². The van der Waals surface area contributed by atoms with E-state index < -0.39 is 0 Å². The van der Waals surface area contributed by atoms with E-state index in [2.05, 4.69) is 10.3 Å². The van der Waals surface area contributed by atoms with E-state index >= 15 is 0 Å². The van der Waals surface area contributed by atoms with E-state index in [1.807, 2.05) is 18.2 Å². The minimum absolute atomic E-state index is 0.135. The topological polar surface area (TPSA) is 54.4 Å². The van der Waals surface area contributed by atoms with Crippen molar-refractivity contribution in [2.75, 3.05) is 12.4 Å². The third-order valence-electron chi connectivity index (χ3n) is 3.63. The number of aromatic nitrogens is 1. The maximum atomic E-state index is 9.98. The first-order chi connectivity index (χ1) is 9.26. The molecule has 1 heterocycles. The molecule has 102 valence electrons. The van der Waals surface area contributed by atoms with Gasteiger partial charge in [0.25, 0.3) is 0 Å². The van der Waals surface area contributed by atoms with Crippen LogP contribution in [0, 0.1) is 0 Å². The van der Waals surface area contributed by atoms with Gasteiger partial charge in [-0.3, -0.25) is 0 Å². The fraction of sp³-hybridized carbons (Fsp3) is 0.500. The van der Waals surface area contributed by atoms with E-state index in [1.54, 1.807) is 18.4 Å². The summed E-state index contributed by atoms with van der Waals surface area (Å²) in [4.78, 5) is 4.56. The van der Waals surface area contributed by atoms with Crippen LogP contribution in [0.1, 0.15) is 25.7 Å². The molecule has 0 amide bonds. The summed E-state index contributed by atoms with van der Waals surface area (Å²) in [6, 6.07) is 6.01. The van der Waals surface area contributed by atoms with Crippen LogP contribution in [0.3, 0.4) is 0 Å². The molecule has 2 N–H and O–H groups in total. The third-order valence-corrected chi connectivity index (χ3v) is 4.58. The molecule has 1 aromatic heterocycles. The predicted molar refractivity (Wildman–Crippen MR) is 78.1 cm³/mol. The molecular formula is C14H18N2O2S. The molecule has 0 aliphatic heterocycles. The van der Waals surface area contributed by atoms with Gasteiger partial charge in [0.15, 0.2) is 5.13 Å². The van der Waals surface area contributed by atoms with Crippen molar-refractivity contribution in [3.8, 4) is 5.75 Å². The van der Waals surface area contributed by atoms with Crippen LogP contribution in [0.15, 0.2) is 18.2 Å². The number of nitrogens with one attached hydrogen (secondary N) is 1. The number of methoxy groups -OCH3 is 1. The number of anilines is 1. The van der Waals surface area contributed by atoms with Crippen molar-refractivity contribution < 1.29 is 9.84 Å². The molecule has 1 fully saturated rings. The molecule has 0 spiro atoms. The second-order valence-electron chi connectivity index (χ2n) is 4.96. The fourth-order valence-corrected chi connectivity index (χ4v) is 3.49. The minimum Gasteiger partial charge on any atom is -0.497 e. The van der Waals surface area contributed by atoms with Crippen LogP contribution in [-0.4, -0.2) is 29.3 Å². The predicted octanol–water partition coefficient (Wildman–Crippen LogP) is 3.02. The summed E-state index contributed by atoms with van der Waals surface area (Å²) in [6.07, 6.45) is 3.94. The summed E-state index contributed by atoms with van der Waals surface area (Å²) in [5.74, 6) is 0.848. The lowest BCUT2D eigenvalue weighted by Gasteiger charge is -2.27. The van der Waals surface area contributed by atoms with E-state index in [1.165, 1.54) is 6.42 Å². The monoisotopic (exact) mass is 278 g/mol. The van der Waals surface area contributed by atoms with Gasteiger partial charge in [-0.15, -0.1) is 0 Å². The van der Waals surface area contributed by atoms with Gasteiger partial charge in [-0.25, -0.2) is 4.98 Å². The van der Waals surface area contributed by atoms with Gasteiger partial charge in [0, 0.05) is 0 Å². The number of fused-ring (bicyclic) bond motifs is 1. The average Bonchev–Trinajstić information content (AvgIpc) is 2.82. The van der Waals surface area contributed by atoms with Crippen molar-refractivity contribution in [3.63, 3.8) is 0 Å².